The van der Waals surface area contributed by atoms with Crippen molar-refractivity contribution in [1.29, 1.82) is 0 Å². The van der Waals surface area contributed by atoms with Gasteiger partial charge in [-0.3, -0.25) is 5.10 Å². The Balaban J connectivity index is 1.63. The number of alkyl halides is 2. The minimum atomic E-state index is -0.540. The van der Waals surface area contributed by atoms with Crippen molar-refractivity contribution in [1.82, 2.24) is 15.2 Å². The van der Waals surface area contributed by atoms with Crippen LogP contribution in [0.5, 0.6) is 5.75 Å². The van der Waals surface area contributed by atoms with Gasteiger partial charge < -0.3 is 4.74 Å². The summed E-state index contributed by atoms with van der Waals surface area (Å²) in [6, 6.07) is 7.67. The quantitative estimate of drug-likeness (QED) is 0.670. The first-order valence-electron chi connectivity index (χ1n) is 6.16. The van der Waals surface area contributed by atoms with E-state index in [1.54, 1.807) is 18.9 Å². The summed E-state index contributed by atoms with van der Waals surface area (Å²) in [5.74, 6) is 2.73. The zero-order chi connectivity index (χ0) is 14.2. The maximum atomic E-state index is 5.99. The maximum Gasteiger partial charge on any atom is 0.208 e. The third kappa shape index (κ3) is 3.05. The summed E-state index contributed by atoms with van der Waals surface area (Å²) in [6.45, 7) is 0. The highest BCUT2D eigenvalue weighted by atomic mass is 35.5. The van der Waals surface area contributed by atoms with E-state index < -0.39 is 4.33 Å². The standard InChI is InChI=1S/C13H13Cl2N3OS/c1-19-10-4-2-8(3-5-10)11-16-12(18-17-11)20-7-9-6-13(9,14)15/h2-5,9H,6-7H2,1H3,(H,16,17,18)/t9-/m1/s1. The van der Waals surface area contributed by atoms with Gasteiger partial charge in [0.05, 0.1) is 7.11 Å². The zero-order valence-corrected chi connectivity index (χ0v) is 13.1. The van der Waals surface area contributed by atoms with Crippen molar-refractivity contribution in [2.24, 2.45) is 5.92 Å². The van der Waals surface area contributed by atoms with Gasteiger partial charge in [0.2, 0.25) is 5.16 Å². The highest BCUT2D eigenvalue weighted by Gasteiger charge is 2.51. The molecule has 2 aromatic rings. The van der Waals surface area contributed by atoms with Gasteiger partial charge in [-0.2, -0.15) is 0 Å². The molecule has 1 saturated carbocycles. The predicted molar refractivity (Wildman–Crippen MR) is 81.6 cm³/mol. The molecule has 0 spiro atoms. The minimum absolute atomic E-state index is 0.332. The summed E-state index contributed by atoms with van der Waals surface area (Å²) in [7, 11) is 1.64. The van der Waals surface area contributed by atoms with Gasteiger partial charge in [0.1, 0.15) is 10.1 Å². The Hall–Kier alpha value is -0.910. The van der Waals surface area contributed by atoms with Gasteiger partial charge in [0.15, 0.2) is 5.82 Å². The lowest BCUT2D eigenvalue weighted by Gasteiger charge is -1.99. The molecule has 7 heteroatoms. The van der Waals surface area contributed by atoms with Crippen LogP contribution < -0.4 is 4.74 Å². The Morgan fingerprint density at radius 1 is 1.40 bits per heavy atom. The van der Waals surface area contributed by atoms with E-state index in [2.05, 4.69) is 15.2 Å². The third-order valence-electron chi connectivity index (χ3n) is 3.20. The molecule has 1 atom stereocenters. The van der Waals surface area contributed by atoms with E-state index >= 15 is 0 Å². The van der Waals surface area contributed by atoms with Crippen LogP contribution in [-0.2, 0) is 0 Å². The van der Waals surface area contributed by atoms with Crippen LogP contribution in [-0.4, -0.2) is 32.4 Å². The molecule has 1 fully saturated rings. The maximum absolute atomic E-state index is 5.99. The van der Waals surface area contributed by atoms with Crippen LogP contribution in [0.3, 0.4) is 0 Å². The van der Waals surface area contributed by atoms with Crippen LogP contribution in [0.2, 0.25) is 0 Å². The number of hydrogen-bond donors (Lipinski definition) is 1. The highest BCUT2D eigenvalue weighted by molar-refractivity contribution is 7.99. The molecule has 0 radical (unpaired) electrons. The van der Waals surface area contributed by atoms with Crippen molar-refractivity contribution in [3.8, 4) is 17.1 Å². The van der Waals surface area contributed by atoms with E-state index in [0.29, 0.717) is 11.1 Å². The lowest BCUT2D eigenvalue weighted by molar-refractivity contribution is 0.415. The second kappa shape index (κ2) is 5.47. The molecule has 0 saturated heterocycles. The van der Waals surface area contributed by atoms with Gasteiger partial charge in [-0.1, -0.05) is 11.8 Å². The van der Waals surface area contributed by atoms with Crippen LogP contribution in [0.4, 0.5) is 0 Å². The molecule has 4 nitrogen and oxygen atoms in total. The number of halogens is 2. The van der Waals surface area contributed by atoms with Gasteiger partial charge in [-0.15, -0.1) is 28.3 Å². The van der Waals surface area contributed by atoms with Crippen molar-refractivity contribution in [3.63, 3.8) is 0 Å². The Morgan fingerprint density at radius 2 is 2.10 bits per heavy atom. The molecule has 1 aromatic carbocycles. The van der Waals surface area contributed by atoms with Crippen molar-refractivity contribution in [2.75, 3.05) is 12.9 Å². The first-order valence-corrected chi connectivity index (χ1v) is 7.90. The van der Waals surface area contributed by atoms with Crippen molar-refractivity contribution in [2.45, 2.75) is 15.9 Å². The number of methoxy groups -OCH3 is 1. The lowest BCUT2D eigenvalue weighted by Crippen LogP contribution is -1.93. The molecule has 0 unspecified atom stereocenters. The zero-order valence-electron chi connectivity index (χ0n) is 10.8. The Bertz CT molecular complexity index is 600. The molecule has 20 heavy (non-hydrogen) atoms. The van der Waals surface area contributed by atoms with Crippen LogP contribution >= 0.6 is 35.0 Å². The molecular weight excluding hydrogens is 317 g/mol. The second-order valence-corrected chi connectivity index (χ2v) is 7.20. The van der Waals surface area contributed by atoms with Crippen molar-refractivity contribution in [3.05, 3.63) is 24.3 Å². The van der Waals surface area contributed by atoms with Crippen LogP contribution in [0.15, 0.2) is 29.4 Å². The smallest absolute Gasteiger partial charge is 0.208 e. The van der Waals surface area contributed by atoms with E-state index in [1.807, 2.05) is 24.3 Å². The van der Waals surface area contributed by atoms with E-state index in [0.717, 1.165) is 29.3 Å². The van der Waals surface area contributed by atoms with Gasteiger partial charge in [-0.05, 0) is 30.7 Å². The molecule has 0 aliphatic heterocycles. The molecule has 0 bridgehead atoms. The molecule has 1 N–H and O–H groups in total. The van der Waals surface area contributed by atoms with E-state index in [4.69, 9.17) is 27.9 Å². The number of rotatable bonds is 5. The molecule has 0 amide bonds. The van der Waals surface area contributed by atoms with Gasteiger partial charge in [-0.25, -0.2) is 4.98 Å². The molecule has 106 valence electrons. The monoisotopic (exact) mass is 329 g/mol. The topological polar surface area (TPSA) is 50.8 Å². The molecule has 1 aliphatic rings. The lowest BCUT2D eigenvalue weighted by atomic mass is 10.2. The normalized spacial score (nSPS) is 19.9. The summed E-state index contributed by atoms with van der Waals surface area (Å²) in [5, 5.41) is 7.84. The number of aromatic amines is 1. The SMILES string of the molecule is COc1ccc(-c2nc(SC[C@H]3CC3(Cl)Cl)n[nH]2)cc1. The molecule has 1 aliphatic carbocycles. The van der Waals surface area contributed by atoms with E-state index in [-0.39, 0.29) is 0 Å². The number of thioether (sulfide) groups is 1. The summed E-state index contributed by atoms with van der Waals surface area (Å²) >= 11 is 13.6. The van der Waals surface area contributed by atoms with Crippen LogP contribution in [0, 0.1) is 5.92 Å². The average molecular weight is 330 g/mol. The second-order valence-electron chi connectivity index (χ2n) is 4.67. The largest absolute Gasteiger partial charge is 0.497 e. The minimum Gasteiger partial charge on any atom is -0.497 e. The number of nitrogens with one attached hydrogen (secondary N) is 1. The number of benzene rings is 1. The summed E-state index contributed by atoms with van der Waals surface area (Å²) in [5.41, 5.74) is 0.973. The van der Waals surface area contributed by atoms with Crippen molar-refractivity contribution < 1.29 is 4.74 Å². The Morgan fingerprint density at radius 3 is 2.70 bits per heavy atom. The third-order valence-corrected chi connectivity index (χ3v) is 5.13. The fourth-order valence-corrected chi connectivity index (χ4v) is 3.54. The number of hydrogen-bond acceptors (Lipinski definition) is 4. The summed E-state index contributed by atoms with van der Waals surface area (Å²) in [4.78, 5) is 4.45. The van der Waals surface area contributed by atoms with Gasteiger partial charge in [0, 0.05) is 17.2 Å². The molecule has 1 aromatic heterocycles. The summed E-state index contributed by atoms with van der Waals surface area (Å²) < 4.78 is 4.59. The first kappa shape index (κ1) is 14.0. The predicted octanol–water partition coefficient (Wildman–Crippen LogP) is 3.77. The van der Waals surface area contributed by atoms with E-state index in [1.165, 1.54) is 0 Å². The Kier molecular flexibility index (Phi) is 3.84. The highest BCUT2D eigenvalue weighted by Crippen LogP contribution is 2.54. The number of nitrogens with zero attached hydrogens (tertiary/aromatic N) is 2. The number of ether oxygens (including phenoxy) is 1. The fourth-order valence-electron chi connectivity index (χ4n) is 1.81. The van der Waals surface area contributed by atoms with Crippen LogP contribution in [0.1, 0.15) is 6.42 Å². The number of H-pyrrole nitrogens is 1. The molecule has 1 heterocycles. The molecule has 3 rings (SSSR count). The summed E-state index contributed by atoms with van der Waals surface area (Å²) in [6.07, 6.45) is 0.846. The Labute approximate surface area is 131 Å². The van der Waals surface area contributed by atoms with E-state index in [9.17, 15) is 0 Å². The van der Waals surface area contributed by atoms with Crippen LogP contribution in [0.25, 0.3) is 11.4 Å². The van der Waals surface area contributed by atoms with Gasteiger partial charge >= 0.3 is 0 Å². The fraction of sp³-hybridized carbons (Fsp3) is 0.385. The first-order chi connectivity index (χ1) is 9.58. The number of aromatic nitrogens is 3. The molecular formula is C13H13Cl2N3OS. The average Bonchev–Trinajstić information content (AvgIpc) is 2.88. The van der Waals surface area contributed by atoms with Gasteiger partial charge in [0.25, 0.3) is 0 Å². The van der Waals surface area contributed by atoms with Crippen molar-refractivity contribution >= 4 is 35.0 Å².